The molecule has 3 aromatic rings. The molecule has 0 atom stereocenters. The topological polar surface area (TPSA) is 36.4 Å². The Morgan fingerprint density at radius 1 is 1.10 bits per heavy atom. The molecule has 0 saturated carbocycles. The zero-order valence-electron chi connectivity index (χ0n) is 17.3. The Labute approximate surface area is 196 Å². The highest BCUT2D eigenvalue weighted by molar-refractivity contribution is 7.99. The van der Waals surface area contributed by atoms with E-state index in [-0.39, 0.29) is 5.91 Å². The van der Waals surface area contributed by atoms with Gasteiger partial charge in [0, 0.05) is 28.6 Å². The molecule has 2 aromatic carbocycles. The van der Waals surface area contributed by atoms with E-state index in [1.165, 1.54) is 11.3 Å². The lowest BCUT2D eigenvalue weighted by Crippen LogP contribution is -2.33. The number of hydrogen-bond donors (Lipinski definition) is 0. The van der Waals surface area contributed by atoms with Gasteiger partial charge in [-0.1, -0.05) is 40.6 Å². The van der Waals surface area contributed by atoms with Gasteiger partial charge in [0.2, 0.25) is 5.91 Å². The van der Waals surface area contributed by atoms with Gasteiger partial charge in [0.1, 0.15) is 0 Å². The minimum Gasteiger partial charge on any atom is -0.309 e. The van der Waals surface area contributed by atoms with Gasteiger partial charge in [-0.05, 0) is 69.9 Å². The van der Waals surface area contributed by atoms with Gasteiger partial charge in [0.05, 0.1) is 15.2 Å². The van der Waals surface area contributed by atoms with Crippen molar-refractivity contribution < 1.29 is 4.79 Å². The van der Waals surface area contributed by atoms with Gasteiger partial charge in [0.15, 0.2) is 5.13 Å². The second-order valence-corrected chi connectivity index (χ2v) is 10.3. The van der Waals surface area contributed by atoms with E-state index in [1.54, 1.807) is 11.8 Å². The second-order valence-electron chi connectivity index (χ2n) is 7.29. The number of thioether (sulfide) groups is 1. The summed E-state index contributed by atoms with van der Waals surface area (Å²) in [5.74, 6) is 0.790. The molecule has 3 rings (SSSR count). The normalized spacial score (nSPS) is 11.4. The van der Waals surface area contributed by atoms with Crippen molar-refractivity contribution >= 4 is 67.6 Å². The summed E-state index contributed by atoms with van der Waals surface area (Å²) in [4.78, 5) is 22.9. The quantitative estimate of drug-likeness (QED) is 0.332. The number of halogens is 2. The lowest BCUT2D eigenvalue weighted by atomic mass is 10.2. The minimum absolute atomic E-state index is 0.0862. The van der Waals surface area contributed by atoms with Crippen molar-refractivity contribution in [3.63, 3.8) is 0 Å². The van der Waals surface area contributed by atoms with Crippen LogP contribution >= 0.6 is 46.3 Å². The maximum atomic E-state index is 13.1. The number of carbonyl (C=O) groups is 1. The summed E-state index contributed by atoms with van der Waals surface area (Å²) in [7, 11) is 4.07. The molecule has 0 spiro atoms. The van der Waals surface area contributed by atoms with Crippen molar-refractivity contribution in [2.45, 2.75) is 24.7 Å². The second kappa shape index (κ2) is 10.8. The SMILES string of the molecule is Cc1ccc(Cl)c2sc(N(CCCN(C)C)C(=O)CCSc3ccc(Cl)cc3)nc12. The van der Waals surface area contributed by atoms with E-state index >= 15 is 0 Å². The Hall–Kier alpha value is -1.31. The number of nitrogens with zero attached hydrogens (tertiary/aromatic N) is 3. The first-order chi connectivity index (χ1) is 14.3. The number of rotatable bonds is 9. The number of aryl methyl sites for hydroxylation is 1. The van der Waals surface area contributed by atoms with Crippen LogP contribution in [0.15, 0.2) is 41.3 Å². The molecular weight excluding hydrogens is 457 g/mol. The summed E-state index contributed by atoms with van der Waals surface area (Å²) in [6.07, 6.45) is 1.32. The van der Waals surface area contributed by atoms with Crippen LogP contribution in [0.1, 0.15) is 18.4 Å². The van der Waals surface area contributed by atoms with Gasteiger partial charge in [0.25, 0.3) is 0 Å². The van der Waals surface area contributed by atoms with Crippen molar-refractivity contribution in [1.29, 1.82) is 0 Å². The summed E-state index contributed by atoms with van der Waals surface area (Å²) < 4.78 is 0.938. The number of fused-ring (bicyclic) bond motifs is 1. The van der Waals surface area contributed by atoms with E-state index in [0.717, 1.165) is 38.8 Å². The van der Waals surface area contributed by atoms with E-state index in [4.69, 9.17) is 28.2 Å². The van der Waals surface area contributed by atoms with Crippen molar-refractivity contribution in [3.8, 4) is 0 Å². The molecular formula is C22H25Cl2N3OS2. The number of benzene rings is 2. The third kappa shape index (κ3) is 6.11. The first kappa shape index (κ1) is 23.4. The fourth-order valence-electron chi connectivity index (χ4n) is 3.00. The number of hydrogen-bond acceptors (Lipinski definition) is 5. The number of aromatic nitrogens is 1. The largest absolute Gasteiger partial charge is 0.309 e. The van der Waals surface area contributed by atoms with E-state index in [9.17, 15) is 4.79 Å². The van der Waals surface area contributed by atoms with E-state index < -0.39 is 0 Å². The Balaban J connectivity index is 1.74. The van der Waals surface area contributed by atoms with Crippen LogP contribution in [-0.4, -0.2) is 48.7 Å². The van der Waals surface area contributed by atoms with Crippen LogP contribution in [0.3, 0.4) is 0 Å². The molecule has 0 aliphatic carbocycles. The fourth-order valence-corrected chi connectivity index (χ4v) is 5.33. The number of anilines is 1. The molecule has 4 nitrogen and oxygen atoms in total. The Kier molecular flexibility index (Phi) is 8.43. The molecule has 0 N–H and O–H groups in total. The van der Waals surface area contributed by atoms with E-state index in [2.05, 4.69) is 4.90 Å². The molecule has 30 heavy (non-hydrogen) atoms. The molecule has 0 bridgehead atoms. The zero-order valence-corrected chi connectivity index (χ0v) is 20.5. The standard InChI is InChI=1S/C22H25Cl2N3OS2/c1-15-5-10-18(24)21-20(15)25-22(30-21)27(13-4-12-26(2)3)19(28)11-14-29-17-8-6-16(23)7-9-17/h5-10H,4,11-14H2,1-3H3. The average molecular weight is 483 g/mol. The lowest BCUT2D eigenvalue weighted by Gasteiger charge is -2.21. The van der Waals surface area contributed by atoms with E-state index in [0.29, 0.717) is 28.8 Å². The molecule has 160 valence electrons. The first-order valence-electron chi connectivity index (χ1n) is 9.74. The van der Waals surface area contributed by atoms with Crippen LogP contribution in [0.25, 0.3) is 10.2 Å². The van der Waals surface area contributed by atoms with Crippen molar-refractivity contribution in [1.82, 2.24) is 9.88 Å². The maximum absolute atomic E-state index is 13.1. The fraction of sp³-hybridized carbons (Fsp3) is 0.364. The highest BCUT2D eigenvalue weighted by Crippen LogP contribution is 2.36. The molecule has 0 unspecified atom stereocenters. The molecule has 0 fully saturated rings. The van der Waals surface area contributed by atoms with Crippen LogP contribution in [0.5, 0.6) is 0 Å². The third-order valence-corrected chi connectivity index (χ3v) is 7.41. The Morgan fingerprint density at radius 2 is 1.83 bits per heavy atom. The first-order valence-corrected chi connectivity index (χ1v) is 12.3. The lowest BCUT2D eigenvalue weighted by molar-refractivity contribution is -0.118. The highest BCUT2D eigenvalue weighted by atomic mass is 35.5. The molecule has 0 aliphatic rings. The predicted octanol–water partition coefficient (Wildman–Crippen LogP) is 6.38. The van der Waals surface area contributed by atoms with Crippen molar-refractivity contribution in [3.05, 3.63) is 52.0 Å². The molecule has 1 heterocycles. The maximum Gasteiger partial charge on any atom is 0.229 e. The van der Waals surface area contributed by atoms with Crippen molar-refractivity contribution in [2.75, 3.05) is 37.8 Å². The van der Waals surface area contributed by atoms with Crippen molar-refractivity contribution in [2.24, 2.45) is 0 Å². The zero-order chi connectivity index (χ0) is 21.7. The van der Waals surface area contributed by atoms with Crippen LogP contribution in [0.2, 0.25) is 10.0 Å². The average Bonchev–Trinajstić information content (AvgIpc) is 3.16. The third-order valence-electron chi connectivity index (χ3n) is 4.60. The van der Waals surface area contributed by atoms with Crippen LogP contribution < -0.4 is 4.90 Å². The smallest absolute Gasteiger partial charge is 0.229 e. The Bertz CT molecular complexity index is 967. The summed E-state index contributed by atoms with van der Waals surface area (Å²) in [5, 5.41) is 2.12. The molecule has 0 aliphatic heterocycles. The Morgan fingerprint density at radius 3 is 2.50 bits per heavy atom. The summed E-state index contributed by atoms with van der Waals surface area (Å²) in [6, 6.07) is 11.5. The summed E-state index contributed by atoms with van der Waals surface area (Å²) in [6.45, 7) is 3.57. The van der Waals surface area contributed by atoms with Gasteiger partial charge in [-0.15, -0.1) is 11.8 Å². The number of amides is 1. The van der Waals surface area contributed by atoms with Crippen LogP contribution in [-0.2, 0) is 4.79 Å². The van der Waals surface area contributed by atoms with Gasteiger partial charge in [-0.2, -0.15) is 0 Å². The molecule has 0 radical (unpaired) electrons. The highest BCUT2D eigenvalue weighted by Gasteiger charge is 2.21. The molecule has 1 amide bonds. The van der Waals surface area contributed by atoms with Gasteiger partial charge in [-0.3, -0.25) is 9.69 Å². The monoisotopic (exact) mass is 481 g/mol. The number of carbonyl (C=O) groups excluding carboxylic acids is 1. The van der Waals surface area contributed by atoms with E-state index in [1.807, 2.05) is 62.3 Å². The van der Waals surface area contributed by atoms with Gasteiger partial charge < -0.3 is 4.90 Å². The number of thiazole rings is 1. The van der Waals surface area contributed by atoms with Crippen LogP contribution in [0.4, 0.5) is 5.13 Å². The summed E-state index contributed by atoms with van der Waals surface area (Å²) >= 11 is 15.5. The summed E-state index contributed by atoms with van der Waals surface area (Å²) in [5.41, 5.74) is 1.94. The predicted molar refractivity (Wildman–Crippen MR) is 132 cm³/mol. The van der Waals surface area contributed by atoms with Gasteiger partial charge >= 0.3 is 0 Å². The van der Waals surface area contributed by atoms with Crippen LogP contribution in [0, 0.1) is 6.92 Å². The molecule has 1 aromatic heterocycles. The van der Waals surface area contributed by atoms with Gasteiger partial charge in [-0.25, -0.2) is 4.98 Å². The molecule has 8 heteroatoms. The molecule has 0 saturated heterocycles. The minimum atomic E-state index is 0.0862.